The van der Waals surface area contributed by atoms with Crippen molar-refractivity contribution in [2.75, 3.05) is 46.8 Å². The van der Waals surface area contributed by atoms with Crippen LogP contribution in [0.5, 0.6) is 0 Å². The number of carboxylic acid groups (broad SMARTS) is 1. The van der Waals surface area contributed by atoms with Gasteiger partial charge in [0, 0.05) is 70.2 Å². The quantitative estimate of drug-likeness (QED) is 0.697. The molecule has 13 heteroatoms. The van der Waals surface area contributed by atoms with E-state index in [1.807, 2.05) is 16.5 Å². The molecule has 3 heterocycles. The maximum Gasteiger partial charge on any atom is 0.490 e. The van der Waals surface area contributed by atoms with E-state index in [4.69, 9.17) is 9.90 Å². The Morgan fingerprint density at radius 1 is 1.33 bits per heavy atom. The second-order valence-electron chi connectivity index (χ2n) is 7.49. The zero-order valence-corrected chi connectivity index (χ0v) is 17.4. The molecular formula is C17H24F3N5O4S. The zero-order valence-electron chi connectivity index (χ0n) is 16.6. The minimum absolute atomic E-state index is 0.0137. The Morgan fingerprint density at radius 3 is 2.47 bits per heavy atom. The fourth-order valence-electron chi connectivity index (χ4n) is 3.43. The van der Waals surface area contributed by atoms with E-state index in [0.717, 1.165) is 24.6 Å². The summed E-state index contributed by atoms with van der Waals surface area (Å²) in [6.45, 7) is 4.32. The lowest BCUT2D eigenvalue weighted by molar-refractivity contribution is -0.192. The first kappa shape index (κ1) is 23.9. The van der Waals surface area contributed by atoms with Gasteiger partial charge in [0.2, 0.25) is 5.91 Å². The molecule has 1 unspecified atom stereocenters. The number of thiazole rings is 1. The molecule has 1 aromatic rings. The SMILES string of the molecule is CN(C)C(=O)N1CCN(Cc2nccs2)CC2(CNC(=O)C2)C1.O=C(O)C(F)(F)F. The van der Waals surface area contributed by atoms with Gasteiger partial charge in [-0.3, -0.25) is 9.69 Å². The van der Waals surface area contributed by atoms with Crippen LogP contribution in [0.2, 0.25) is 0 Å². The van der Waals surface area contributed by atoms with Gasteiger partial charge in [-0.2, -0.15) is 13.2 Å². The van der Waals surface area contributed by atoms with Crippen LogP contribution in [0.3, 0.4) is 0 Å². The van der Waals surface area contributed by atoms with Gasteiger partial charge in [-0.25, -0.2) is 14.6 Å². The van der Waals surface area contributed by atoms with Crippen LogP contribution in [0.15, 0.2) is 11.6 Å². The number of nitrogens with zero attached hydrogens (tertiary/aromatic N) is 4. The Kier molecular flexibility index (Phi) is 7.64. The molecule has 2 aliphatic rings. The van der Waals surface area contributed by atoms with Gasteiger partial charge in [-0.1, -0.05) is 0 Å². The Balaban J connectivity index is 0.000000396. The maximum atomic E-state index is 12.4. The van der Waals surface area contributed by atoms with Crippen molar-refractivity contribution in [1.82, 2.24) is 25.0 Å². The lowest BCUT2D eigenvalue weighted by Gasteiger charge is -2.33. The van der Waals surface area contributed by atoms with Crippen molar-refractivity contribution in [3.05, 3.63) is 16.6 Å². The van der Waals surface area contributed by atoms with Crippen LogP contribution in [0, 0.1) is 5.41 Å². The van der Waals surface area contributed by atoms with Crippen molar-refractivity contribution < 1.29 is 32.7 Å². The molecule has 2 aliphatic heterocycles. The van der Waals surface area contributed by atoms with Gasteiger partial charge in [0.15, 0.2) is 0 Å². The number of carboxylic acids is 1. The van der Waals surface area contributed by atoms with Crippen molar-refractivity contribution in [3.63, 3.8) is 0 Å². The number of carbonyl (C=O) groups excluding carboxylic acids is 2. The Morgan fingerprint density at radius 2 is 2.00 bits per heavy atom. The van der Waals surface area contributed by atoms with E-state index in [2.05, 4.69) is 15.2 Å². The number of hydrogen-bond acceptors (Lipinski definition) is 6. The van der Waals surface area contributed by atoms with Crippen LogP contribution >= 0.6 is 11.3 Å². The predicted molar refractivity (Wildman–Crippen MR) is 102 cm³/mol. The van der Waals surface area contributed by atoms with Crippen LogP contribution < -0.4 is 5.32 Å². The summed E-state index contributed by atoms with van der Waals surface area (Å²) in [6, 6.07) is 0.0137. The van der Waals surface area contributed by atoms with Crippen LogP contribution in [0.4, 0.5) is 18.0 Å². The van der Waals surface area contributed by atoms with Crippen molar-refractivity contribution in [2.45, 2.75) is 19.1 Å². The monoisotopic (exact) mass is 451 g/mol. The summed E-state index contributed by atoms with van der Waals surface area (Å²) in [5.41, 5.74) is -0.198. The molecule has 30 heavy (non-hydrogen) atoms. The van der Waals surface area contributed by atoms with E-state index >= 15 is 0 Å². The number of carbonyl (C=O) groups is 3. The standard InChI is InChI=1S/C15H23N5O2S.C2HF3O2/c1-18(2)14(22)20-5-4-19(8-13-16-3-6-23-13)10-15(11-20)7-12(21)17-9-15;3-2(4,5)1(6)7/h3,6H,4-5,7-11H2,1-2H3,(H,17,21);(H,6,7). The minimum Gasteiger partial charge on any atom is -0.475 e. The largest absolute Gasteiger partial charge is 0.490 e. The summed E-state index contributed by atoms with van der Waals surface area (Å²) >= 11 is 1.64. The molecule has 3 rings (SSSR count). The van der Waals surface area contributed by atoms with E-state index in [1.165, 1.54) is 0 Å². The lowest BCUT2D eigenvalue weighted by Crippen LogP contribution is -2.47. The summed E-state index contributed by atoms with van der Waals surface area (Å²) in [5, 5.41) is 13.1. The molecule has 0 aliphatic carbocycles. The third kappa shape index (κ3) is 6.55. The molecule has 0 aromatic carbocycles. The van der Waals surface area contributed by atoms with Crippen molar-refractivity contribution in [2.24, 2.45) is 5.41 Å². The van der Waals surface area contributed by atoms with Crippen molar-refractivity contribution >= 4 is 29.2 Å². The topological polar surface area (TPSA) is 106 Å². The molecule has 9 nitrogen and oxygen atoms in total. The van der Waals surface area contributed by atoms with E-state index in [0.29, 0.717) is 26.1 Å². The molecule has 2 N–H and O–H groups in total. The molecule has 2 saturated heterocycles. The van der Waals surface area contributed by atoms with Gasteiger partial charge in [-0.05, 0) is 0 Å². The highest BCUT2D eigenvalue weighted by Gasteiger charge is 2.44. The second kappa shape index (κ2) is 9.60. The first-order chi connectivity index (χ1) is 13.9. The fourth-order valence-corrected chi connectivity index (χ4v) is 4.09. The van der Waals surface area contributed by atoms with Gasteiger partial charge >= 0.3 is 18.2 Å². The van der Waals surface area contributed by atoms with Crippen LogP contribution in [-0.2, 0) is 16.1 Å². The average molecular weight is 451 g/mol. The van der Waals surface area contributed by atoms with E-state index in [9.17, 15) is 22.8 Å². The smallest absolute Gasteiger partial charge is 0.475 e. The Bertz CT molecular complexity index is 759. The molecule has 0 radical (unpaired) electrons. The lowest BCUT2D eigenvalue weighted by atomic mass is 9.86. The van der Waals surface area contributed by atoms with Crippen LogP contribution in [0.25, 0.3) is 0 Å². The van der Waals surface area contributed by atoms with Gasteiger partial charge in [0.25, 0.3) is 0 Å². The highest BCUT2D eigenvalue weighted by molar-refractivity contribution is 7.09. The summed E-state index contributed by atoms with van der Waals surface area (Å²) in [7, 11) is 3.54. The molecule has 1 atom stereocenters. The number of aliphatic carboxylic acids is 1. The molecule has 168 valence electrons. The van der Waals surface area contributed by atoms with Crippen LogP contribution in [-0.4, -0.2) is 95.7 Å². The van der Waals surface area contributed by atoms with Crippen molar-refractivity contribution in [1.29, 1.82) is 0 Å². The number of amides is 3. The number of hydrogen-bond donors (Lipinski definition) is 2. The number of rotatable bonds is 2. The molecule has 0 saturated carbocycles. The zero-order chi connectivity index (χ0) is 22.5. The molecule has 1 spiro atoms. The molecule has 3 amide bonds. The Hall–Kier alpha value is -2.41. The third-order valence-electron chi connectivity index (χ3n) is 4.71. The van der Waals surface area contributed by atoms with Gasteiger partial charge in [-0.15, -0.1) is 11.3 Å². The summed E-state index contributed by atoms with van der Waals surface area (Å²) in [4.78, 5) is 43.3. The van der Waals surface area contributed by atoms with Gasteiger partial charge in [0.1, 0.15) is 5.01 Å². The molecule has 2 fully saturated rings. The first-order valence-electron chi connectivity index (χ1n) is 9.06. The van der Waals surface area contributed by atoms with Gasteiger partial charge in [0.05, 0.1) is 6.54 Å². The molecule has 1 aromatic heterocycles. The number of aromatic nitrogens is 1. The number of urea groups is 1. The first-order valence-corrected chi connectivity index (χ1v) is 9.94. The normalized spacial score (nSPS) is 22.2. The number of nitrogens with one attached hydrogen (secondary N) is 1. The maximum absolute atomic E-state index is 12.4. The third-order valence-corrected chi connectivity index (χ3v) is 5.47. The van der Waals surface area contributed by atoms with E-state index in [1.54, 1.807) is 30.3 Å². The summed E-state index contributed by atoms with van der Waals surface area (Å²) in [5.74, 6) is -2.68. The molecular weight excluding hydrogens is 427 g/mol. The number of halogens is 3. The van der Waals surface area contributed by atoms with E-state index < -0.39 is 12.1 Å². The predicted octanol–water partition coefficient (Wildman–Crippen LogP) is 1.08. The fraction of sp³-hybridized carbons (Fsp3) is 0.647. The minimum atomic E-state index is -5.08. The highest BCUT2D eigenvalue weighted by Crippen LogP contribution is 2.31. The number of alkyl halides is 3. The second-order valence-corrected chi connectivity index (χ2v) is 8.47. The molecule has 0 bridgehead atoms. The Labute approximate surface area is 175 Å². The van der Waals surface area contributed by atoms with E-state index in [-0.39, 0.29) is 17.4 Å². The van der Waals surface area contributed by atoms with Gasteiger partial charge < -0.3 is 20.2 Å². The summed E-state index contributed by atoms with van der Waals surface area (Å²) < 4.78 is 31.7. The van der Waals surface area contributed by atoms with Crippen molar-refractivity contribution in [3.8, 4) is 0 Å². The highest BCUT2D eigenvalue weighted by atomic mass is 32.1. The van der Waals surface area contributed by atoms with Crippen LogP contribution in [0.1, 0.15) is 11.4 Å². The average Bonchev–Trinajstić information content (AvgIpc) is 3.23. The summed E-state index contributed by atoms with van der Waals surface area (Å²) in [6.07, 6.45) is -2.78.